The summed E-state index contributed by atoms with van der Waals surface area (Å²) in [5, 5.41) is 23.0. The van der Waals surface area contributed by atoms with E-state index in [1.54, 1.807) is 18.2 Å². The molecule has 0 aliphatic carbocycles. The number of nitrogens with zero attached hydrogens (tertiary/aromatic N) is 2. The normalized spacial score (nSPS) is 16.6. The van der Waals surface area contributed by atoms with Gasteiger partial charge in [0, 0.05) is 36.9 Å². The molecule has 2 heterocycles. The van der Waals surface area contributed by atoms with Crippen LogP contribution in [0.1, 0.15) is 24.2 Å². The molecule has 0 saturated carbocycles. The Balaban J connectivity index is 1.76. The number of rotatable bonds is 6. The summed E-state index contributed by atoms with van der Waals surface area (Å²) in [6.07, 6.45) is 3.18. The first-order chi connectivity index (χ1) is 13.5. The van der Waals surface area contributed by atoms with Crippen LogP contribution in [-0.4, -0.2) is 30.1 Å². The van der Waals surface area contributed by atoms with Crippen molar-refractivity contribution < 1.29 is 18.9 Å². The van der Waals surface area contributed by atoms with Gasteiger partial charge >= 0.3 is 0 Å². The van der Waals surface area contributed by atoms with Gasteiger partial charge in [0.05, 0.1) is 11.0 Å². The van der Waals surface area contributed by atoms with Gasteiger partial charge in [-0.25, -0.2) is 0 Å². The lowest BCUT2D eigenvalue weighted by Crippen LogP contribution is -2.32. The van der Waals surface area contributed by atoms with Crippen LogP contribution in [0.4, 0.5) is 5.69 Å². The highest BCUT2D eigenvalue weighted by molar-refractivity contribution is 6.01. The molecule has 0 bridgehead atoms. The van der Waals surface area contributed by atoms with E-state index in [9.17, 15) is 20.2 Å². The van der Waals surface area contributed by atoms with Crippen LogP contribution in [0.25, 0.3) is 17.4 Å². The molecule has 1 aromatic heterocycles. The fourth-order valence-electron chi connectivity index (χ4n) is 2.96. The number of ether oxygens (including phenoxy) is 1. The van der Waals surface area contributed by atoms with Crippen LogP contribution < -0.4 is 5.32 Å². The number of non-ortho nitro benzene ring substituents is 1. The number of benzene rings is 1. The summed E-state index contributed by atoms with van der Waals surface area (Å²) >= 11 is 0. The Bertz CT molecular complexity index is 964. The zero-order chi connectivity index (χ0) is 20.1. The highest BCUT2D eigenvalue weighted by atomic mass is 16.6. The van der Waals surface area contributed by atoms with Crippen LogP contribution in [-0.2, 0) is 9.53 Å². The van der Waals surface area contributed by atoms with Crippen LogP contribution in [0, 0.1) is 28.4 Å². The van der Waals surface area contributed by atoms with Gasteiger partial charge in [-0.2, -0.15) is 5.26 Å². The van der Waals surface area contributed by atoms with Crippen molar-refractivity contribution in [3.63, 3.8) is 0 Å². The Labute approximate surface area is 161 Å². The SMILES string of the molecule is Cc1ccc([N+](=O)[O-])cc1-c1ccc(/C=C(/C#N)C(=O)NC[C@@H]2CCCO2)o1. The van der Waals surface area contributed by atoms with Crippen LogP contribution in [0.15, 0.2) is 40.3 Å². The smallest absolute Gasteiger partial charge is 0.270 e. The minimum atomic E-state index is -0.498. The molecule has 0 radical (unpaired) electrons. The van der Waals surface area contributed by atoms with Gasteiger partial charge in [-0.1, -0.05) is 6.07 Å². The number of carbonyl (C=O) groups is 1. The molecule has 1 aliphatic heterocycles. The zero-order valence-electron chi connectivity index (χ0n) is 15.3. The fraction of sp³-hybridized carbons (Fsp3) is 0.300. The monoisotopic (exact) mass is 381 g/mol. The van der Waals surface area contributed by atoms with Gasteiger partial charge in [0.25, 0.3) is 11.6 Å². The first-order valence-corrected chi connectivity index (χ1v) is 8.85. The topological polar surface area (TPSA) is 118 Å². The second kappa shape index (κ2) is 8.50. The van der Waals surface area contributed by atoms with E-state index < -0.39 is 10.8 Å². The Kier molecular flexibility index (Phi) is 5.87. The molecular formula is C20H19N3O5. The molecule has 8 nitrogen and oxygen atoms in total. The zero-order valence-corrected chi connectivity index (χ0v) is 15.3. The quantitative estimate of drug-likeness (QED) is 0.355. The Morgan fingerprint density at radius 1 is 1.43 bits per heavy atom. The molecular weight excluding hydrogens is 362 g/mol. The highest BCUT2D eigenvalue weighted by Crippen LogP contribution is 2.29. The average Bonchev–Trinajstić information content (AvgIpc) is 3.36. The number of nitro benzene ring substituents is 1. The number of furan rings is 1. The molecule has 144 valence electrons. The van der Waals surface area contributed by atoms with E-state index in [1.807, 2.05) is 13.0 Å². The molecule has 0 spiro atoms. The molecule has 1 atom stereocenters. The van der Waals surface area contributed by atoms with Gasteiger partial charge in [-0.3, -0.25) is 14.9 Å². The number of amides is 1. The molecule has 1 N–H and O–H groups in total. The van der Waals surface area contributed by atoms with Crippen molar-refractivity contribution in [2.75, 3.05) is 13.2 Å². The molecule has 3 rings (SSSR count). The summed E-state index contributed by atoms with van der Waals surface area (Å²) in [7, 11) is 0. The van der Waals surface area contributed by atoms with Crippen LogP contribution in [0.3, 0.4) is 0 Å². The number of carbonyl (C=O) groups excluding carboxylic acids is 1. The van der Waals surface area contributed by atoms with Gasteiger partial charge in [0.2, 0.25) is 0 Å². The third-order valence-corrected chi connectivity index (χ3v) is 4.49. The van der Waals surface area contributed by atoms with Crippen LogP contribution in [0.2, 0.25) is 0 Å². The second-order valence-electron chi connectivity index (χ2n) is 6.47. The number of nitriles is 1. The lowest BCUT2D eigenvalue weighted by molar-refractivity contribution is -0.384. The second-order valence-corrected chi connectivity index (χ2v) is 6.47. The molecule has 1 saturated heterocycles. The van der Waals surface area contributed by atoms with Gasteiger partial charge in [0.1, 0.15) is 23.2 Å². The fourth-order valence-corrected chi connectivity index (χ4v) is 2.96. The van der Waals surface area contributed by atoms with E-state index >= 15 is 0 Å². The Hall–Kier alpha value is -3.44. The summed E-state index contributed by atoms with van der Waals surface area (Å²) in [6.45, 7) is 2.86. The third-order valence-electron chi connectivity index (χ3n) is 4.49. The molecule has 1 aliphatic rings. The molecule has 1 amide bonds. The van der Waals surface area contributed by atoms with Crippen molar-refractivity contribution in [1.82, 2.24) is 5.32 Å². The number of hydrogen-bond acceptors (Lipinski definition) is 6. The lowest BCUT2D eigenvalue weighted by atomic mass is 10.1. The van der Waals surface area contributed by atoms with Crippen molar-refractivity contribution in [2.24, 2.45) is 0 Å². The maximum absolute atomic E-state index is 12.2. The minimum absolute atomic E-state index is 0.0176. The standard InChI is InChI=1S/C20H19N3O5/c1-13-4-5-15(23(25)26)10-18(13)19-7-6-16(28-19)9-14(11-21)20(24)22-12-17-3-2-8-27-17/h4-7,9-10,17H,2-3,8,12H2,1H3,(H,22,24)/b14-9-/t17-/m0/s1. The Morgan fingerprint density at radius 3 is 2.93 bits per heavy atom. The summed E-state index contributed by atoms with van der Waals surface area (Å²) in [6, 6.07) is 9.63. The lowest BCUT2D eigenvalue weighted by Gasteiger charge is -2.09. The third kappa shape index (κ3) is 4.45. The summed E-state index contributed by atoms with van der Waals surface area (Å²) < 4.78 is 11.1. The molecule has 8 heteroatoms. The van der Waals surface area contributed by atoms with Crippen LogP contribution >= 0.6 is 0 Å². The first kappa shape index (κ1) is 19.3. The van der Waals surface area contributed by atoms with Crippen molar-refractivity contribution in [3.8, 4) is 17.4 Å². The largest absolute Gasteiger partial charge is 0.457 e. The summed E-state index contributed by atoms with van der Waals surface area (Å²) in [5.74, 6) is 0.233. The van der Waals surface area contributed by atoms with Crippen molar-refractivity contribution >= 4 is 17.7 Å². The van der Waals surface area contributed by atoms with Crippen LogP contribution in [0.5, 0.6) is 0 Å². The number of nitrogens with one attached hydrogen (secondary N) is 1. The average molecular weight is 381 g/mol. The van der Waals surface area contributed by atoms with E-state index in [0.29, 0.717) is 30.2 Å². The van der Waals surface area contributed by atoms with E-state index in [0.717, 1.165) is 18.4 Å². The molecule has 0 unspecified atom stereocenters. The van der Waals surface area contributed by atoms with Gasteiger partial charge < -0.3 is 14.5 Å². The van der Waals surface area contributed by atoms with Gasteiger partial charge in [-0.15, -0.1) is 0 Å². The summed E-state index contributed by atoms with van der Waals surface area (Å²) in [5.41, 5.74) is 1.26. The predicted molar refractivity (Wildman–Crippen MR) is 101 cm³/mol. The molecule has 1 fully saturated rings. The number of aryl methyl sites for hydroxylation is 1. The maximum atomic E-state index is 12.2. The van der Waals surface area contributed by atoms with E-state index in [1.165, 1.54) is 18.2 Å². The molecule has 1 aromatic carbocycles. The number of nitro groups is 1. The minimum Gasteiger partial charge on any atom is -0.457 e. The van der Waals surface area contributed by atoms with Gasteiger partial charge in [-0.05, 0) is 37.5 Å². The van der Waals surface area contributed by atoms with E-state index in [-0.39, 0.29) is 17.4 Å². The molecule has 28 heavy (non-hydrogen) atoms. The summed E-state index contributed by atoms with van der Waals surface area (Å²) in [4.78, 5) is 22.7. The Morgan fingerprint density at radius 2 is 2.25 bits per heavy atom. The predicted octanol–water partition coefficient (Wildman–Crippen LogP) is 3.37. The van der Waals surface area contributed by atoms with Crippen molar-refractivity contribution in [2.45, 2.75) is 25.9 Å². The van der Waals surface area contributed by atoms with Crippen molar-refractivity contribution in [3.05, 3.63) is 57.3 Å². The van der Waals surface area contributed by atoms with E-state index in [4.69, 9.17) is 9.15 Å². The van der Waals surface area contributed by atoms with E-state index in [2.05, 4.69) is 5.32 Å². The maximum Gasteiger partial charge on any atom is 0.270 e. The first-order valence-electron chi connectivity index (χ1n) is 8.85. The van der Waals surface area contributed by atoms with Gasteiger partial charge in [0.15, 0.2) is 0 Å². The van der Waals surface area contributed by atoms with Crippen molar-refractivity contribution in [1.29, 1.82) is 5.26 Å². The number of hydrogen-bond donors (Lipinski definition) is 1. The molecule has 2 aromatic rings. The highest BCUT2D eigenvalue weighted by Gasteiger charge is 2.18.